The molecule has 1 aromatic heterocycles. The van der Waals surface area contributed by atoms with Crippen molar-refractivity contribution in [3.63, 3.8) is 0 Å². The molecule has 0 spiro atoms. The summed E-state index contributed by atoms with van der Waals surface area (Å²) in [5, 5.41) is 5.69. The summed E-state index contributed by atoms with van der Waals surface area (Å²) in [4.78, 5) is 26.2. The summed E-state index contributed by atoms with van der Waals surface area (Å²) in [6.07, 6.45) is 2.10. The predicted octanol–water partition coefficient (Wildman–Crippen LogP) is 3.78. The molecule has 0 saturated carbocycles. The van der Waals surface area contributed by atoms with Crippen LogP contribution in [0.25, 0.3) is 0 Å². The molecule has 0 bridgehead atoms. The van der Waals surface area contributed by atoms with Crippen molar-refractivity contribution in [2.45, 2.75) is 39.7 Å². The fourth-order valence-corrected chi connectivity index (χ4v) is 3.39. The first-order valence-electron chi connectivity index (χ1n) is 9.57. The van der Waals surface area contributed by atoms with Gasteiger partial charge in [0.05, 0.1) is 6.04 Å². The van der Waals surface area contributed by atoms with Crippen LogP contribution < -0.4 is 15.4 Å². The molecule has 3 amide bonds. The van der Waals surface area contributed by atoms with Crippen molar-refractivity contribution < 1.29 is 18.7 Å². The second-order valence-electron chi connectivity index (χ2n) is 7.09. The highest BCUT2D eigenvalue weighted by molar-refractivity contribution is 5.89. The average Bonchev–Trinajstić information content (AvgIpc) is 3.29. The van der Waals surface area contributed by atoms with Gasteiger partial charge in [-0.1, -0.05) is 6.07 Å². The van der Waals surface area contributed by atoms with Crippen molar-refractivity contribution >= 4 is 17.6 Å². The number of aryl methyl sites for hydroxylation is 2. The van der Waals surface area contributed by atoms with Crippen LogP contribution in [0.4, 0.5) is 10.5 Å². The van der Waals surface area contributed by atoms with Gasteiger partial charge < -0.3 is 24.7 Å². The topological polar surface area (TPSA) is 83.8 Å². The lowest BCUT2D eigenvalue weighted by molar-refractivity contribution is -0.132. The van der Waals surface area contributed by atoms with Crippen LogP contribution in [0.1, 0.15) is 42.9 Å². The summed E-state index contributed by atoms with van der Waals surface area (Å²) in [5.41, 5.74) is 1.54. The number of benzene rings is 1. The molecule has 1 aliphatic rings. The molecule has 3 rings (SSSR count). The second kappa shape index (κ2) is 8.82. The van der Waals surface area contributed by atoms with Gasteiger partial charge in [-0.2, -0.15) is 0 Å². The van der Waals surface area contributed by atoms with E-state index in [1.165, 1.54) is 0 Å². The first-order chi connectivity index (χ1) is 13.4. The fourth-order valence-electron chi connectivity index (χ4n) is 3.39. The predicted molar refractivity (Wildman–Crippen MR) is 107 cm³/mol. The lowest BCUT2D eigenvalue weighted by Gasteiger charge is -2.16. The lowest BCUT2D eigenvalue weighted by Crippen LogP contribution is -2.32. The SMILES string of the molecule is Cc1cc(C(C)NC(=O)Nc2cccc(OCC(=O)N3CCCC3)c2)c(C)o1. The van der Waals surface area contributed by atoms with Gasteiger partial charge in [0, 0.05) is 30.4 Å². The minimum Gasteiger partial charge on any atom is -0.484 e. The van der Waals surface area contributed by atoms with Gasteiger partial charge >= 0.3 is 6.03 Å². The Hall–Kier alpha value is -2.96. The Morgan fingerprint density at radius 3 is 2.64 bits per heavy atom. The van der Waals surface area contributed by atoms with Gasteiger partial charge in [0.25, 0.3) is 5.91 Å². The monoisotopic (exact) mass is 385 g/mol. The number of hydrogen-bond acceptors (Lipinski definition) is 4. The minimum absolute atomic E-state index is 0.00576. The highest BCUT2D eigenvalue weighted by Gasteiger charge is 2.18. The van der Waals surface area contributed by atoms with E-state index in [4.69, 9.17) is 9.15 Å². The highest BCUT2D eigenvalue weighted by Crippen LogP contribution is 2.22. The number of rotatable bonds is 6. The van der Waals surface area contributed by atoms with Crippen molar-refractivity contribution in [1.29, 1.82) is 0 Å². The number of furan rings is 1. The number of urea groups is 1. The van der Waals surface area contributed by atoms with E-state index in [-0.39, 0.29) is 24.6 Å². The third-order valence-electron chi connectivity index (χ3n) is 4.81. The summed E-state index contributed by atoms with van der Waals surface area (Å²) in [6.45, 7) is 7.27. The lowest BCUT2D eigenvalue weighted by atomic mass is 10.1. The maximum Gasteiger partial charge on any atom is 0.319 e. The normalized spacial score (nSPS) is 14.6. The summed E-state index contributed by atoms with van der Waals surface area (Å²) >= 11 is 0. The Morgan fingerprint density at radius 1 is 1.21 bits per heavy atom. The van der Waals surface area contributed by atoms with Crippen LogP contribution in [-0.4, -0.2) is 36.5 Å². The Labute approximate surface area is 165 Å². The number of nitrogens with zero attached hydrogens (tertiary/aromatic N) is 1. The quantitative estimate of drug-likeness (QED) is 0.793. The molecule has 2 aromatic rings. The number of carbonyl (C=O) groups excluding carboxylic acids is 2. The van der Waals surface area contributed by atoms with Crippen LogP contribution in [0.2, 0.25) is 0 Å². The number of carbonyl (C=O) groups is 2. The molecule has 7 nitrogen and oxygen atoms in total. The molecule has 0 aliphatic carbocycles. The molecular weight excluding hydrogens is 358 g/mol. The second-order valence-corrected chi connectivity index (χ2v) is 7.09. The van der Waals surface area contributed by atoms with Gasteiger partial charge in [-0.25, -0.2) is 4.79 Å². The number of nitrogens with one attached hydrogen (secondary N) is 2. The molecule has 7 heteroatoms. The number of ether oxygens (including phenoxy) is 1. The van der Waals surface area contributed by atoms with E-state index in [1.54, 1.807) is 24.3 Å². The van der Waals surface area contributed by atoms with E-state index >= 15 is 0 Å². The van der Waals surface area contributed by atoms with Crippen LogP contribution in [0.15, 0.2) is 34.7 Å². The molecule has 2 N–H and O–H groups in total. The van der Waals surface area contributed by atoms with Crippen molar-refractivity contribution in [2.24, 2.45) is 0 Å². The largest absolute Gasteiger partial charge is 0.484 e. The standard InChI is InChI=1S/C21H27N3O4/c1-14-11-19(16(3)28-14)15(2)22-21(26)23-17-7-6-8-18(12-17)27-13-20(25)24-9-4-5-10-24/h6-8,11-12,15H,4-5,9-10,13H2,1-3H3,(H2,22,23,26). The first kappa shape index (κ1) is 19.8. The van der Waals surface area contributed by atoms with E-state index in [0.29, 0.717) is 11.4 Å². The molecule has 1 saturated heterocycles. The van der Waals surface area contributed by atoms with Gasteiger partial charge in [0.15, 0.2) is 6.61 Å². The van der Waals surface area contributed by atoms with E-state index in [1.807, 2.05) is 31.7 Å². The van der Waals surface area contributed by atoms with Crippen molar-refractivity contribution in [1.82, 2.24) is 10.2 Å². The molecule has 1 aromatic carbocycles. The number of likely N-dealkylation sites (tertiary alicyclic amines) is 1. The van der Waals surface area contributed by atoms with Crippen LogP contribution in [0, 0.1) is 13.8 Å². The van der Waals surface area contributed by atoms with Crippen LogP contribution in [-0.2, 0) is 4.79 Å². The van der Waals surface area contributed by atoms with Gasteiger partial charge in [0.1, 0.15) is 17.3 Å². The molecule has 0 radical (unpaired) electrons. The molecule has 2 heterocycles. The zero-order chi connectivity index (χ0) is 20.1. The van der Waals surface area contributed by atoms with E-state index in [2.05, 4.69) is 10.6 Å². The molecule has 28 heavy (non-hydrogen) atoms. The van der Waals surface area contributed by atoms with Crippen molar-refractivity contribution in [3.05, 3.63) is 47.4 Å². The van der Waals surface area contributed by atoms with Gasteiger partial charge in [-0.3, -0.25) is 4.79 Å². The zero-order valence-corrected chi connectivity index (χ0v) is 16.6. The maximum absolute atomic E-state index is 12.3. The number of anilines is 1. The smallest absolute Gasteiger partial charge is 0.319 e. The molecular formula is C21H27N3O4. The summed E-state index contributed by atoms with van der Waals surface area (Å²) in [5.74, 6) is 2.14. The molecule has 1 unspecified atom stereocenters. The molecule has 1 aliphatic heterocycles. The highest BCUT2D eigenvalue weighted by atomic mass is 16.5. The first-order valence-corrected chi connectivity index (χ1v) is 9.57. The maximum atomic E-state index is 12.3. The molecule has 1 fully saturated rings. The van der Waals surface area contributed by atoms with Crippen molar-refractivity contribution in [3.8, 4) is 5.75 Å². The van der Waals surface area contributed by atoms with Gasteiger partial charge in [-0.05, 0) is 51.8 Å². The summed E-state index contributed by atoms with van der Waals surface area (Å²) in [7, 11) is 0. The van der Waals surface area contributed by atoms with Crippen LogP contribution in [0.5, 0.6) is 5.75 Å². The van der Waals surface area contributed by atoms with Crippen molar-refractivity contribution in [2.75, 3.05) is 25.0 Å². The van der Waals surface area contributed by atoms with Crippen LogP contribution in [0.3, 0.4) is 0 Å². The Morgan fingerprint density at radius 2 is 1.96 bits per heavy atom. The third kappa shape index (κ3) is 5.06. The van der Waals surface area contributed by atoms with Gasteiger partial charge in [0.2, 0.25) is 0 Å². The van der Waals surface area contributed by atoms with E-state index < -0.39 is 0 Å². The fraction of sp³-hybridized carbons (Fsp3) is 0.429. The summed E-state index contributed by atoms with van der Waals surface area (Å²) < 4.78 is 11.1. The minimum atomic E-state index is -0.323. The van der Waals surface area contributed by atoms with E-state index in [0.717, 1.165) is 43.0 Å². The molecule has 150 valence electrons. The number of amides is 3. The van der Waals surface area contributed by atoms with E-state index in [9.17, 15) is 9.59 Å². The van der Waals surface area contributed by atoms with Crippen LogP contribution >= 0.6 is 0 Å². The third-order valence-corrected chi connectivity index (χ3v) is 4.81. The Balaban J connectivity index is 1.52. The average molecular weight is 385 g/mol. The summed E-state index contributed by atoms with van der Waals surface area (Å²) in [6, 6.07) is 8.43. The number of hydrogen-bond donors (Lipinski definition) is 2. The Bertz CT molecular complexity index is 840. The van der Waals surface area contributed by atoms with Gasteiger partial charge in [-0.15, -0.1) is 0 Å². The zero-order valence-electron chi connectivity index (χ0n) is 16.6. The Kier molecular flexibility index (Phi) is 6.23. The molecule has 1 atom stereocenters.